The topological polar surface area (TPSA) is 58.6 Å². The summed E-state index contributed by atoms with van der Waals surface area (Å²) in [4.78, 5) is 23.7. The van der Waals surface area contributed by atoms with Crippen LogP contribution < -0.4 is 0 Å². The molecule has 4 heteroatoms. The number of carbonyl (C=O) groups is 1. The van der Waals surface area contributed by atoms with E-state index in [4.69, 9.17) is 0 Å². The molecule has 0 aliphatic carbocycles. The van der Waals surface area contributed by atoms with Gasteiger partial charge in [-0.1, -0.05) is 30.3 Å². The molecule has 3 heterocycles. The van der Waals surface area contributed by atoms with E-state index in [9.17, 15) is 4.79 Å². The number of ketones is 1. The molecular weight excluding hydrogens is 334 g/mol. The lowest BCUT2D eigenvalue weighted by molar-refractivity contribution is -0.118. The summed E-state index contributed by atoms with van der Waals surface area (Å²) in [5, 5.41) is 1.13. The van der Waals surface area contributed by atoms with Gasteiger partial charge < -0.3 is 4.98 Å². The van der Waals surface area contributed by atoms with Crippen molar-refractivity contribution in [2.24, 2.45) is 0 Å². The van der Waals surface area contributed by atoms with Crippen molar-refractivity contribution in [3.63, 3.8) is 0 Å². The first kappa shape index (κ1) is 17.2. The molecule has 0 saturated heterocycles. The summed E-state index contributed by atoms with van der Waals surface area (Å²) in [6.07, 6.45) is 10.1. The van der Waals surface area contributed by atoms with Crippen molar-refractivity contribution >= 4 is 16.8 Å². The van der Waals surface area contributed by atoms with Crippen LogP contribution in [0.3, 0.4) is 0 Å². The van der Waals surface area contributed by atoms with Crippen molar-refractivity contribution in [1.29, 1.82) is 0 Å². The van der Waals surface area contributed by atoms with E-state index in [1.54, 1.807) is 18.6 Å². The van der Waals surface area contributed by atoms with Gasteiger partial charge in [0.05, 0.1) is 0 Å². The lowest BCUT2D eigenvalue weighted by Gasteiger charge is -2.04. The molecule has 0 fully saturated rings. The molecular formula is C23H21N3O. The zero-order valence-corrected chi connectivity index (χ0v) is 15.1. The van der Waals surface area contributed by atoms with Crippen LogP contribution in [0.15, 0.2) is 73.3 Å². The smallest absolute Gasteiger partial charge is 0.137 e. The minimum absolute atomic E-state index is 0.269. The Labute approximate surface area is 158 Å². The fourth-order valence-electron chi connectivity index (χ4n) is 3.35. The maximum atomic E-state index is 12.1. The molecule has 0 atom stereocenters. The van der Waals surface area contributed by atoms with Crippen molar-refractivity contribution in [3.05, 3.63) is 84.4 Å². The van der Waals surface area contributed by atoms with E-state index in [0.717, 1.165) is 35.0 Å². The molecule has 0 saturated carbocycles. The van der Waals surface area contributed by atoms with E-state index in [1.807, 2.05) is 24.4 Å². The highest BCUT2D eigenvalue weighted by molar-refractivity contribution is 5.93. The third kappa shape index (κ3) is 4.11. The monoisotopic (exact) mass is 355 g/mol. The molecule has 0 aliphatic rings. The number of nitrogens with one attached hydrogen (secondary N) is 1. The molecule has 1 aromatic carbocycles. The van der Waals surface area contributed by atoms with E-state index in [2.05, 4.69) is 45.3 Å². The van der Waals surface area contributed by atoms with E-state index < -0.39 is 0 Å². The van der Waals surface area contributed by atoms with Crippen molar-refractivity contribution in [2.45, 2.75) is 25.7 Å². The Morgan fingerprint density at radius 3 is 2.63 bits per heavy atom. The Morgan fingerprint density at radius 1 is 0.963 bits per heavy atom. The van der Waals surface area contributed by atoms with E-state index >= 15 is 0 Å². The predicted molar refractivity (Wildman–Crippen MR) is 107 cm³/mol. The third-order valence-electron chi connectivity index (χ3n) is 4.76. The highest BCUT2D eigenvalue weighted by atomic mass is 16.1. The SMILES string of the molecule is O=C(CCCc1ccc(-c2c[nH]c3ncccc23)cc1)Cc1cccnc1. The number of rotatable bonds is 7. The second-order valence-electron chi connectivity index (χ2n) is 6.73. The van der Waals surface area contributed by atoms with Crippen molar-refractivity contribution in [3.8, 4) is 11.1 Å². The maximum Gasteiger partial charge on any atom is 0.137 e. The molecule has 0 unspecified atom stereocenters. The van der Waals surface area contributed by atoms with Crippen LogP contribution in [0.1, 0.15) is 24.0 Å². The maximum absolute atomic E-state index is 12.1. The lowest BCUT2D eigenvalue weighted by Crippen LogP contribution is -2.03. The van der Waals surface area contributed by atoms with Gasteiger partial charge in [0, 0.05) is 48.6 Å². The largest absolute Gasteiger partial charge is 0.346 e. The average Bonchev–Trinajstić information content (AvgIpc) is 3.13. The Balaban J connectivity index is 1.34. The van der Waals surface area contributed by atoms with Crippen LogP contribution in [0.2, 0.25) is 0 Å². The quantitative estimate of drug-likeness (QED) is 0.520. The van der Waals surface area contributed by atoms with Gasteiger partial charge in [0.25, 0.3) is 0 Å². The molecule has 4 nitrogen and oxygen atoms in total. The standard InChI is InChI=1S/C23H21N3O/c27-20(14-18-5-2-12-24-15-18)6-1-4-17-8-10-19(11-9-17)22-16-26-23-21(22)7-3-13-25-23/h2-3,5,7-13,15-16H,1,4,6,14H2,(H,25,26). The lowest BCUT2D eigenvalue weighted by atomic mass is 10.0. The van der Waals surface area contributed by atoms with Gasteiger partial charge in [-0.3, -0.25) is 9.78 Å². The van der Waals surface area contributed by atoms with Crippen LogP contribution in [-0.4, -0.2) is 20.7 Å². The zero-order chi connectivity index (χ0) is 18.5. The number of hydrogen-bond donors (Lipinski definition) is 1. The summed E-state index contributed by atoms with van der Waals surface area (Å²) >= 11 is 0. The van der Waals surface area contributed by atoms with Gasteiger partial charge in [-0.25, -0.2) is 4.98 Å². The summed E-state index contributed by atoms with van der Waals surface area (Å²) in [5.41, 5.74) is 5.48. The summed E-state index contributed by atoms with van der Waals surface area (Å²) in [5.74, 6) is 0.269. The van der Waals surface area contributed by atoms with Gasteiger partial charge >= 0.3 is 0 Å². The summed E-state index contributed by atoms with van der Waals surface area (Å²) in [7, 11) is 0. The van der Waals surface area contributed by atoms with Crippen molar-refractivity contribution in [2.75, 3.05) is 0 Å². The molecule has 27 heavy (non-hydrogen) atoms. The number of nitrogens with zero attached hydrogens (tertiary/aromatic N) is 2. The van der Waals surface area contributed by atoms with Crippen LogP contribution >= 0.6 is 0 Å². The summed E-state index contributed by atoms with van der Waals surface area (Å²) in [6, 6.07) is 16.4. The number of carbonyl (C=O) groups excluding carboxylic acids is 1. The number of aromatic nitrogens is 3. The van der Waals surface area contributed by atoms with Crippen LogP contribution in [0.5, 0.6) is 0 Å². The number of hydrogen-bond acceptors (Lipinski definition) is 3. The second kappa shape index (κ2) is 7.96. The van der Waals surface area contributed by atoms with Crippen molar-refractivity contribution in [1.82, 2.24) is 15.0 Å². The van der Waals surface area contributed by atoms with Gasteiger partial charge in [0.2, 0.25) is 0 Å². The highest BCUT2D eigenvalue weighted by Crippen LogP contribution is 2.27. The summed E-state index contributed by atoms with van der Waals surface area (Å²) < 4.78 is 0. The molecule has 0 amide bonds. The Bertz CT molecular complexity index is 1040. The molecule has 3 aromatic heterocycles. The molecule has 1 N–H and O–H groups in total. The van der Waals surface area contributed by atoms with Gasteiger partial charge in [-0.15, -0.1) is 0 Å². The number of Topliss-reactive ketones (excluding diaryl/α,β-unsaturated/α-hetero) is 1. The van der Waals surface area contributed by atoms with Gasteiger partial charge in [-0.2, -0.15) is 0 Å². The number of fused-ring (bicyclic) bond motifs is 1. The van der Waals surface area contributed by atoms with Crippen LogP contribution in [0, 0.1) is 0 Å². The molecule has 4 rings (SSSR count). The number of aromatic amines is 1. The third-order valence-corrected chi connectivity index (χ3v) is 4.76. The predicted octanol–water partition coefficient (Wildman–Crippen LogP) is 4.76. The zero-order valence-electron chi connectivity index (χ0n) is 15.1. The summed E-state index contributed by atoms with van der Waals surface area (Å²) in [6.45, 7) is 0. The van der Waals surface area contributed by atoms with E-state index in [0.29, 0.717) is 12.8 Å². The average molecular weight is 355 g/mol. The fourth-order valence-corrected chi connectivity index (χ4v) is 3.35. The molecule has 4 aromatic rings. The molecule has 134 valence electrons. The minimum atomic E-state index is 0.269. The molecule has 0 spiro atoms. The number of H-pyrrole nitrogens is 1. The minimum Gasteiger partial charge on any atom is -0.346 e. The van der Waals surface area contributed by atoms with Gasteiger partial charge in [0.15, 0.2) is 0 Å². The van der Waals surface area contributed by atoms with Crippen LogP contribution in [-0.2, 0) is 17.6 Å². The van der Waals surface area contributed by atoms with E-state index in [1.165, 1.54) is 11.1 Å². The molecule has 0 aliphatic heterocycles. The highest BCUT2D eigenvalue weighted by Gasteiger charge is 2.07. The van der Waals surface area contributed by atoms with Gasteiger partial charge in [-0.05, 0) is 47.7 Å². The normalized spacial score (nSPS) is 11.0. The molecule has 0 bridgehead atoms. The molecule has 0 radical (unpaired) electrons. The number of pyridine rings is 2. The first-order valence-electron chi connectivity index (χ1n) is 9.21. The number of aryl methyl sites for hydroxylation is 1. The number of benzene rings is 1. The van der Waals surface area contributed by atoms with Crippen LogP contribution in [0.4, 0.5) is 0 Å². The van der Waals surface area contributed by atoms with Crippen LogP contribution in [0.25, 0.3) is 22.2 Å². The fraction of sp³-hybridized carbons (Fsp3) is 0.174. The Kier molecular flexibility index (Phi) is 5.06. The van der Waals surface area contributed by atoms with E-state index in [-0.39, 0.29) is 5.78 Å². The van der Waals surface area contributed by atoms with Gasteiger partial charge in [0.1, 0.15) is 11.4 Å². The first-order valence-corrected chi connectivity index (χ1v) is 9.21. The first-order chi connectivity index (χ1) is 13.3. The van der Waals surface area contributed by atoms with Crippen molar-refractivity contribution < 1.29 is 4.79 Å². The Hall–Kier alpha value is -3.27. The second-order valence-corrected chi connectivity index (χ2v) is 6.73. The Morgan fingerprint density at radius 2 is 1.81 bits per heavy atom.